The van der Waals surface area contributed by atoms with Gasteiger partial charge in [0.2, 0.25) is 5.91 Å². The lowest BCUT2D eigenvalue weighted by Gasteiger charge is -2.44. The van der Waals surface area contributed by atoms with Crippen LogP contribution in [-0.4, -0.2) is 28.5 Å². The Labute approximate surface area is 185 Å². The predicted molar refractivity (Wildman–Crippen MR) is 115 cm³/mol. The van der Waals surface area contributed by atoms with Gasteiger partial charge in [0.25, 0.3) is 5.56 Å². The van der Waals surface area contributed by atoms with Crippen LogP contribution in [0.5, 0.6) is 0 Å². The summed E-state index contributed by atoms with van der Waals surface area (Å²) in [6.45, 7) is 1.78. The summed E-state index contributed by atoms with van der Waals surface area (Å²) in [4.78, 5) is 28.4. The maximum absolute atomic E-state index is 13.3. The normalized spacial score (nSPS) is 23.7. The fraction of sp³-hybridized carbons (Fsp3) is 0.520. The van der Waals surface area contributed by atoms with Crippen molar-refractivity contribution in [3.8, 4) is 11.1 Å². The number of nitrogens with zero attached hydrogens (tertiary/aromatic N) is 2. The first kappa shape index (κ1) is 21.3. The fourth-order valence-corrected chi connectivity index (χ4v) is 5.82. The van der Waals surface area contributed by atoms with Crippen LogP contribution < -0.4 is 5.56 Å². The average molecular weight is 444 g/mol. The van der Waals surface area contributed by atoms with E-state index in [2.05, 4.69) is 0 Å². The van der Waals surface area contributed by atoms with Crippen LogP contribution in [0.2, 0.25) is 0 Å². The molecule has 1 saturated carbocycles. The Balaban J connectivity index is 1.43. The van der Waals surface area contributed by atoms with Crippen LogP contribution >= 0.6 is 0 Å². The minimum Gasteiger partial charge on any atom is -0.341 e. The number of carbonyl (C=O) groups excluding carboxylic acids is 1. The van der Waals surface area contributed by atoms with E-state index in [9.17, 15) is 22.8 Å². The highest BCUT2D eigenvalue weighted by molar-refractivity contribution is 5.79. The summed E-state index contributed by atoms with van der Waals surface area (Å²) in [6.07, 6.45) is 1.88. The van der Waals surface area contributed by atoms with Gasteiger partial charge in [-0.25, -0.2) is 0 Å². The summed E-state index contributed by atoms with van der Waals surface area (Å²) in [5, 5.41) is 0. The van der Waals surface area contributed by atoms with Crippen molar-refractivity contribution in [1.82, 2.24) is 9.47 Å². The quantitative estimate of drug-likeness (QED) is 0.650. The summed E-state index contributed by atoms with van der Waals surface area (Å²) in [6, 6.07) is 8.45. The maximum Gasteiger partial charge on any atom is 0.416 e. The summed E-state index contributed by atoms with van der Waals surface area (Å²) in [5.41, 5.74) is 0.456. The van der Waals surface area contributed by atoms with E-state index in [0.717, 1.165) is 49.9 Å². The van der Waals surface area contributed by atoms with Gasteiger partial charge < -0.3 is 9.47 Å². The second-order valence-electron chi connectivity index (χ2n) is 9.54. The van der Waals surface area contributed by atoms with Gasteiger partial charge >= 0.3 is 6.18 Å². The Morgan fingerprint density at radius 3 is 2.50 bits per heavy atom. The van der Waals surface area contributed by atoms with Crippen LogP contribution in [0.1, 0.15) is 55.7 Å². The van der Waals surface area contributed by atoms with Crippen LogP contribution in [0.4, 0.5) is 13.2 Å². The van der Waals surface area contributed by atoms with Crippen molar-refractivity contribution in [3.63, 3.8) is 0 Å². The van der Waals surface area contributed by atoms with Crippen LogP contribution in [-0.2, 0) is 17.5 Å². The van der Waals surface area contributed by atoms with Crippen molar-refractivity contribution in [2.75, 3.05) is 13.1 Å². The van der Waals surface area contributed by atoms with Gasteiger partial charge in [-0.15, -0.1) is 0 Å². The maximum atomic E-state index is 13.3. The van der Waals surface area contributed by atoms with E-state index in [0.29, 0.717) is 19.6 Å². The topological polar surface area (TPSA) is 42.3 Å². The molecule has 0 spiro atoms. The number of likely N-dealkylation sites (tertiary alicyclic amines) is 1. The molecule has 0 N–H and O–H groups in total. The minimum absolute atomic E-state index is 0.0956. The minimum atomic E-state index is -4.45. The third-order valence-electron chi connectivity index (χ3n) is 7.37. The summed E-state index contributed by atoms with van der Waals surface area (Å²) >= 11 is 0. The second-order valence-corrected chi connectivity index (χ2v) is 9.54. The van der Waals surface area contributed by atoms with Gasteiger partial charge in [-0.1, -0.05) is 31.4 Å². The monoisotopic (exact) mass is 444 g/mol. The molecule has 1 saturated heterocycles. The molecule has 2 fully saturated rings. The highest BCUT2D eigenvalue weighted by atomic mass is 19.4. The number of amides is 1. The number of fused-ring (bicyclic) bond motifs is 4. The van der Waals surface area contributed by atoms with Crippen LogP contribution in [0.3, 0.4) is 0 Å². The molecule has 7 heteroatoms. The van der Waals surface area contributed by atoms with Gasteiger partial charge in [-0.2, -0.15) is 13.2 Å². The molecule has 0 radical (unpaired) electrons. The lowest BCUT2D eigenvalue weighted by molar-refractivity contribution is -0.139. The number of hydrogen-bond donors (Lipinski definition) is 0. The van der Waals surface area contributed by atoms with E-state index < -0.39 is 11.7 Å². The highest BCUT2D eigenvalue weighted by Crippen LogP contribution is 2.38. The number of rotatable bonds is 2. The van der Waals surface area contributed by atoms with E-state index >= 15 is 0 Å². The molecule has 170 valence electrons. The van der Waals surface area contributed by atoms with Crippen molar-refractivity contribution < 1.29 is 18.0 Å². The summed E-state index contributed by atoms with van der Waals surface area (Å²) in [7, 11) is 0. The van der Waals surface area contributed by atoms with Crippen molar-refractivity contribution in [2.24, 2.45) is 11.8 Å². The first-order valence-corrected chi connectivity index (χ1v) is 11.5. The van der Waals surface area contributed by atoms with E-state index in [1.54, 1.807) is 16.7 Å². The number of pyridine rings is 1. The smallest absolute Gasteiger partial charge is 0.341 e. The Bertz CT molecular complexity index is 1090. The summed E-state index contributed by atoms with van der Waals surface area (Å²) < 4.78 is 41.1. The molecule has 3 aliphatic rings. The molecule has 4 nitrogen and oxygen atoms in total. The Kier molecular flexibility index (Phi) is 5.38. The average Bonchev–Trinajstić information content (AvgIpc) is 2.79. The lowest BCUT2D eigenvalue weighted by Crippen LogP contribution is -2.50. The molecule has 2 aromatic rings. The number of carbonyl (C=O) groups is 1. The number of piperidine rings is 1. The van der Waals surface area contributed by atoms with Crippen molar-refractivity contribution >= 4 is 5.91 Å². The molecule has 32 heavy (non-hydrogen) atoms. The molecule has 3 heterocycles. The Morgan fingerprint density at radius 2 is 1.75 bits per heavy atom. The number of halogens is 3. The summed E-state index contributed by atoms with van der Waals surface area (Å²) in [5.74, 6) is 0.686. The Morgan fingerprint density at radius 1 is 0.969 bits per heavy atom. The number of aromatic nitrogens is 1. The van der Waals surface area contributed by atoms with Gasteiger partial charge in [0.05, 0.1) is 5.56 Å². The number of alkyl halides is 3. The van der Waals surface area contributed by atoms with Gasteiger partial charge in [0, 0.05) is 42.7 Å². The molecule has 5 rings (SSSR count). The van der Waals surface area contributed by atoms with Gasteiger partial charge in [0.15, 0.2) is 0 Å². The zero-order valence-electron chi connectivity index (χ0n) is 17.9. The van der Waals surface area contributed by atoms with Crippen molar-refractivity contribution in [3.05, 3.63) is 58.0 Å². The first-order valence-electron chi connectivity index (χ1n) is 11.5. The standard InChI is InChI=1S/C25H27F3N2O2/c26-25(27,28)20-8-4-7-18(12-20)21-9-10-22-19-11-16(14-30(22)24(21)32)13-29(15-19)23(31)17-5-2-1-3-6-17/h4,7-10,12,16-17,19H,1-3,5-6,11,13-15H2/t16-,19+/m0/s1. The molecule has 2 bridgehead atoms. The van der Waals surface area contributed by atoms with E-state index in [1.165, 1.54) is 12.5 Å². The van der Waals surface area contributed by atoms with Crippen LogP contribution in [0, 0.1) is 11.8 Å². The molecule has 1 aromatic carbocycles. The molecule has 2 aliphatic heterocycles. The molecule has 1 amide bonds. The predicted octanol–water partition coefficient (Wildman–Crippen LogP) is 5.06. The van der Waals surface area contributed by atoms with E-state index in [4.69, 9.17) is 0 Å². The van der Waals surface area contributed by atoms with Gasteiger partial charge in [-0.05, 0) is 55.0 Å². The molecule has 2 atom stereocenters. The molecule has 1 aliphatic carbocycles. The third-order valence-corrected chi connectivity index (χ3v) is 7.37. The van der Waals surface area contributed by atoms with E-state index in [-0.39, 0.29) is 40.3 Å². The van der Waals surface area contributed by atoms with Crippen molar-refractivity contribution in [1.29, 1.82) is 0 Å². The zero-order valence-corrected chi connectivity index (χ0v) is 17.9. The van der Waals surface area contributed by atoms with Crippen LogP contribution in [0.15, 0.2) is 41.2 Å². The number of benzene rings is 1. The molecule has 1 aromatic heterocycles. The fourth-order valence-electron chi connectivity index (χ4n) is 5.82. The lowest BCUT2D eigenvalue weighted by atomic mass is 9.81. The van der Waals surface area contributed by atoms with Crippen molar-refractivity contribution in [2.45, 2.75) is 57.2 Å². The zero-order chi connectivity index (χ0) is 22.5. The molecular formula is C25H27F3N2O2. The van der Waals surface area contributed by atoms with Gasteiger partial charge in [0.1, 0.15) is 0 Å². The number of hydrogen-bond acceptors (Lipinski definition) is 2. The highest BCUT2D eigenvalue weighted by Gasteiger charge is 2.38. The Hall–Kier alpha value is -2.57. The third kappa shape index (κ3) is 3.86. The largest absolute Gasteiger partial charge is 0.416 e. The molecule has 0 unspecified atom stereocenters. The SMILES string of the molecule is O=C(C1CCCCC1)N1C[C@@H]2C[C@H](C1)c1ccc(-c3cccc(C(F)(F)F)c3)c(=O)n1C2. The van der Waals surface area contributed by atoms with Gasteiger partial charge in [-0.3, -0.25) is 9.59 Å². The van der Waals surface area contributed by atoms with E-state index in [1.807, 2.05) is 11.0 Å². The first-order chi connectivity index (χ1) is 15.3. The second kappa shape index (κ2) is 8.09. The molecular weight excluding hydrogens is 417 g/mol. The van der Waals surface area contributed by atoms with Crippen LogP contribution in [0.25, 0.3) is 11.1 Å².